The smallest absolute Gasteiger partial charge is 0.315 e. The fourth-order valence-corrected chi connectivity index (χ4v) is 3.30. The van der Waals surface area contributed by atoms with Crippen molar-refractivity contribution >= 4 is 16.8 Å². The molecule has 0 spiro atoms. The third-order valence-electron chi connectivity index (χ3n) is 4.63. The zero-order chi connectivity index (χ0) is 17.1. The molecule has 0 bridgehead atoms. The molecule has 0 radical (unpaired) electrons. The van der Waals surface area contributed by atoms with Gasteiger partial charge in [-0.3, -0.25) is 0 Å². The number of urea groups is 1. The summed E-state index contributed by atoms with van der Waals surface area (Å²) >= 11 is 0. The van der Waals surface area contributed by atoms with E-state index in [1.54, 1.807) is 0 Å². The van der Waals surface area contributed by atoms with E-state index in [1.165, 1.54) is 10.8 Å². The van der Waals surface area contributed by atoms with Crippen molar-refractivity contribution in [3.05, 3.63) is 77.9 Å². The van der Waals surface area contributed by atoms with E-state index in [-0.39, 0.29) is 11.9 Å². The van der Waals surface area contributed by atoms with Crippen LogP contribution in [0.25, 0.3) is 10.8 Å². The van der Waals surface area contributed by atoms with Gasteiger partial charge in [0.1, 0.15) is 5.75 Å². The van der Waals surface area contributed by atoms with Gasteiger partial charge in [0.2, 0.25) is 0 Å². The highest BCUT2D eigenvalue weighted by molar-refractivity contribution is 5.86. The highest BCUT2D eigenvalue weighted by atomic mass is 16.5. The van der Waals surface area contributed by atoms with E-state index in [1.807, 2.05) is 42.5 Å². The Morgan fingerprint density at radius 2 is 1.76 bits per heavy atom. The third-order valence-corrected chi connectivity index (χ3v) is 4.63. The summed E-state index contributed by atoms with van der Waals surface area (Å²) in [5.41, 5.74) is 2.28. The maximum Gasteiger partial charge on any atom is 0.315 e. The Bertz CT molecular complexity index is 902. The number of fused-ring (bicyclic) bond motifs is 2. The Balaban J connectivity index is 1.34. The normalized spacial score (nSPS) is 15.4. The lowest BCUT2D eigenvalue weighted by Crippen LogP contribution is -2.37. The van der Waals surface area contributed by atoms with Crippen molar-refractivity contribution in [3.63, 3.8) is 0 Å². The highest BCUT2D eigenvalue weighted by Gasteiger charge is 2.23. The number of benzene rings is 3. The van der Waals surface area contributed by atoms with Crippen LogP contribution in [0.5, 0.6) is 5.75 Å². The molecule has 1 atom stereocenters. The van der Waals surface area contributed by atoms with Crippen LogP contribution in [-0.4, -0.2) is 19.2 Å². The van der Waals surface area contributed by atoms with E-state index >= 15 is 0 Å². The summed E-state index contributed by atoms with van der Waals surface area (Å²) in [6.45, 7) is 1.69. The monoisotopic (exact) mass is 332 g/mol. The number of carbonyl (C=O) groups excluding carboxylic acids is 1. The Morgan fingerprint density at radius 1 is 0.960 bits per heavy atom. The van der Waals surface area contributed by atoms with Gasteiger partial charge in [-0.1, -0.05) is 60.7 Å². The predicted molar refractivity (Wildman–Crippen MR) is 98.9 cm³/mol. The van der Waals surface area contributed by atoms with Gasteiger partial charge < -0.3 is 15.4 Å². The number of amides is 2. The van der Waals surface area contributed by atoms with Crippen LogP contribution in [0.2, 0.25) is 0 Å². The molecule has 4 heteroatoms. The summed E-state index contributed by atoms with van der Waals surface area (Å²) in [5.74, 6) is 1.13. The van der Waals surface area contributed by atoms with Gasteiger partial charge >= 0.3 is 6.03 Å². The first-order valence-corrected chi connectivity index (χ1v) is 8.51. The van der Waals surface area contributed by atoms with E-state index in [2.05, 4.69) is 34.9 Å². The first-order chi connectivity index (χ1) is 12.3. The molecular weight excluding hydrogens is 312 g/mol. The van der Waals surface area contributed by atoms with Crippen LogP contribution >= 0.6 is 0 Å². The summed E-state index contributed by atoms with van der Waals surface area (Å²) in [6, 6.07) is 22.2. The van der Waals surface area contributed by atoms with Crippen molar-refractivity contribution in [1.29, 1.82) is 0 Å². The van der Waals surface area contributed by atoms with Crippen molar-refractivity contribution in [1.82, 2.24) is 10.6 Å². The van der Waals surface area contributed by atoms with Crippen molar-refractivity contribution in [2.45, 2.75) is 12.5 Å². The van der Waals surface area contributed by atoms with Gasteiger partial charge in [-0.05, 0) is 22.4 Å². The molecule has 4 nitrogen and oxygen atoms in total. The summed E-state index contributed by atoms with van der Waals surface area (Å²) < 4.78 is 5.65. The quantitative estimate of drug-likeness (QED) is 0.763. The second-order valence-electron chi connectivity index (χ2n) is 6.25. The van der Waals surface area contributed by atoms with Gasteiger partial charge in [-0.15, -0.1) is 0 Å². The maximum absolute atomic E-state index is 12.2. The predicted octanol–water partition coefficient (Wildman–Crippen LogP) is 3.82. The first kappa shape index (κ1) is 15.5. The zero-order valence-electron chi connectivity index (χ0n) is 13.9. The Morgan fingerprint density at radius 3 is 2.72 bits per heavy atom. The molecule has 25 heavy (non-hydrogen) atoms. The van der Waals surface area contributed by atoms with Gasteiger partial charge in [0.05, 0.1) is 6.61 Å². The number of rotatable bonds is 4. The average molecular weight is 332 g/mol. The lowest BCUT2D eigenvalue weighted by atomic mass is 10.0. The highest BCUT2D eigenvalue weighted by Crippen LogP contribution is 2.32. The van der Waals surface area contributed by atoms with Crippen molar-refractivity contribution < 1.29 is 9.53 Å². The molecule has 1 unspecified atom stereocenters. The lowest BCUT2D eigenvalue weighted by molar-refractivity contribution is 0.238. The van der Waals surface area contributed by atoms with Crippen molar-refractivity contribution in [3.8, 4) is 5.75 Å². The standard InChI is InChI=1S/C21H20N2O2/c24-21(23-13-17-14-25-20-11-4-3-10-19(17)20)22-12-16-8-5-7-15-6-1-2-9-18(15)16/h1-11,17H,12-14H2,(H2,22,23,24). The molecule has 0 aliphatic carbocycles. The van der Waals surface area contributed by atoms with Crippen LogP contribution in [0, 0.1) is 0 Å². The Hall–Kier alpha value is -3.01. The fourth-order valence-electron chi connectivity index (χ4n) is 3.30. The van der Waals surface area contributed by atoms with Crippen LogP contribution < -0.4 is 15.4 Å². The molecule has 3 aromatic carbocycles. The van der Waals surface area contributed by atoms with Crippen LogP contribution in [0.1, 0.15) is 17.0 Å². The second-order valence-corrected chi connectivity index (χ2v) is 6.25. The molecule has 3 aromatic rings. The molecule has 1 aliphatic rings. The fraction of sp³-hybridized carbons (Fsp3) is 0.190. The minimum absolute atomic E-state index is 0.155. The van der Waals surface area contributed by atoms with Crippen LogP contribution in [0.3, 0.4) is 0 Å². The third kappa shape index (κ3) is 3.29. The number of hydrogen-bond acceptors (Lipinski definition) is 2. The first-order valence-electron chi connectivity index (χ1n) is 8.51. The molecule has 4 rings (SSSR count). The summed E-state index contributed by atoms with van der Waals surface area (Å²) in [7, 11) is 0. The Kier molecular flexibility index (Phi) is 4.25. The number of para-hydroxylation sites is 1. The summed E-state index contributed by atoms with van der Waals surface area (Å²) in [5, 5.41) is 8.25. The molecule has 126 valence electrons. The largest absolute Gasteiger partial charge is 0.493 e. The number of carbonyl (C=O) groups is 1. The number of ether oxygens (including phenoxy) is 1. The van der Waals surface area contributed by atoms with Gasteiger partial charge in [0, 0.05) is 24.6 Å². The molecular formula is C21H20N2O2. The average Bonchev–Trinajstić information content (AvgIpc) is 3.08. The Labute approximate surface area is 146 Å². The van der Waals surface area contributed by atoms with Crippen LogP contribution in [-0.2, 0) is 6.54 Å². The molecule has 0 fully saturated rings. The second kappa shape index (κ2) is 6.85. The van der Waals surface area contributed by atoms with Gasteiger partial charge in [-0.2, -0.15) is 0 Å². The lowest BCUT2D eigenvalue weighted by Gasteiger charge is -2.12. The van der Waals surface area contributed by atoms with Crippen LogP contribution in [0.15, 0.2) is 66.7 Å². The zero-order valence-corrected chi connectivity index (χ0v) is 13.9. The molecule has 2 amide bonds. The van der Waals surface area contributed by atoms with E-state index < -0.39 is 0 Å². The summed E-state index contributed by atoms with van der Waals surface area (Å²) in [4.78, 5) is 12.2. The molecule has 0 saturated heterocycles. The van der Waals surface area contributed by atoms with Gasteiger partial charge in [0.25, 0.3) is 0 Å². The van der Waals surface area contributed by atoms with Gasteiger partial charge in [-0.25, -0.2) is 4.79 Å². The molecule has 1 aliphatic heterocycles. The van der Waals surface area contributed by atoms with E-state index in [9.17, 15) is 4.79 Å². The molecule has 2 N–H and O–H groups in total. The molecule has 1 heterocycles. The summed E-state index contributed by atoms with van der Waals surface area (Å²) in [6.07, 6.45) is 0. The number of nitrogens with one attached hydrogen (secondary N) is 2. The topological polar surface area (TPSA) is 50.4 Å². The maximum atomic E-state index is 12.2. The van der Waals surface area contributed by atoms with Gasteiger partial charge in [0.15, 0.2) is 0 Å². The van der Waals surface area contributed by atoms with Crippen molar-refractivity contribution in [2.75, 3.05) is 13.2 Å². The minimum Gasteiger partial charge on any atom is -0.493 e. The minimum atomic E-state index is -0.155. The number of hydrogen-bond donors (Lipinski definition) is 2. The van der Waals surface area contributed by atoms with E-state index in [0.717, 1.165) is 16.9 Å². The SMILES string of the molecule is O=C(NCc1cccc2ccccc12)NCC1COc2ccccc21. The van der Waals surface area contributed by atoms with Crippen molar-refractivity contribution in [2.24, 2.45) is 0 Å². The van der Waals surface area contributed by atoms with Crippen LogP contribution in [0.4, 0.5) is 4.79 Å². The van der Waals surface area contributed by atoms with E-state index in [4.69, 9.17) is 4.74 Å². The molecule has 0 saturated carbocycles. The van der Waals surface area contributed by atoms with E-state index in [0.29, 0.717) is 19.7 Å². The molecule has 0 aromatic heterocycles.